The molecule has 0 aromatic heterocycles. The highest BCUT2D eigenvalue weighted by Crippen LogP contribution is 2.18. The van der Waals surface area contributed by atoms with Crippen LogP contribution < -0.4 is 10.1 Å². The average molecular weight is 259 g/mol. The van der Waals surface area contributed by atoms with E-state index in [1.807, 2.05) is 0 Å². The van der Waals surface area contributed by atoms with E-state index >= 15 is 0 Å². The molecule has 98 valence electrons. The van der Waals surface area contributed by atoms with Crippen molar-refractivity contribution in [1.82, 2.24) is 0 Å². The van der Waals surface area contributed by atoms with Crippen LogP contribution in [0.4, 0.5) is 10.1 Å². The summed E-state index contributed by atoms with van der Waals surface area (Å²) in [6, 6.07) is 11.0. The normalized spacial score (nSPS) is 10.1. The number of benzene rings is 2. The molecule has 1 amide bonds. The Morgan fingerprint density at radius 3 is 2.42 bits per heavy atom. The summed E-state index contributed by atoms with van der Waals surface area (Å²) in [5.41, 5.74) is 1.80. The third kappa shape index (κ3) is 3.10. The van der Waals surface area contributed by atoms with Crippen molar-refractivity contribution >= 4 is 11.6 Å². The lowest BCUT2D eigenvalue weighted by Gasteiger charge is -2.08. The van der Waals surface area contributed by atoms with Crippen molar-refractivity contribution in [2.24, 2.45) is 0 Å². The molecule has 0 spiro atoms. The SMILES string of the molecule is COc1ccc(C(=O)Nc2ccc(F)cc2C)cc1. The van der Waals surface area contributed by atoms with Gasteiger partial charge in [0.05, 0.1) is 7.11 Å². The predicted molar refractivity (Wildman–Crippen MR) is 72.1 cm³/mol. The van der Waals surface area contributed by atoms with Crippen molar-refractivity contribution in [3.63, 3.8) is 0 Å². The second-order valence-corrected chi connectivity index (χ2v) is 4.14. The van der Waals surface area contributed by atoms with E-state index in [9.17, 15) is 9.18 Å². The van der Waals surface area contributed by atoms with Gasteiger partial charge in [0.2, 0.25) is 0 Å². The van der Waals surface area contributed by atoms with Gasteiger partial charge in [-0.05, 0) is 55.0 Å². The largest absolute Gasteiger partial charge is 0.497 e. The molecule has 0 aliphatic heterocycles. The topological polar surface area (TPSA) is 38.3 Å². The first-order chi connectivity index (χ1) is 9.10. The van der Waals surface area contributed by atoms with E-state index in [0.717, 1.165) is 0 Å². The standard InChI is InChI=1S/C15H14FNO2/c1-10-9-12(16)5-8-14(10)17-15(18)11-3-6-13(19-2)7-4-11/h3-9H,1-2H3,(H,17,18). The third-order valence-electron chi connectivity index (χ3n) is 2.79. The van der Waals surface area contributed by atoms with Crippen LogP contribution >= 0.6 is 0 Å². The minimum absolute atomic E-state index is 0.239. The molecule has 0 aliphatic rings. The summed E-state index contributed by atoms with van der Waals surface area (Å²) in [4.78, 5) is 12.0. The molecule has 0 radical (unpaired) electrons. The molecule has 0 saturated carbocycles. The Balaban J connectivity index is 2.15. The van der Waals surface area contributed by atoms with Gasteiger partial charge in [-0.3, -0.25) is 4.79 Å². The van der Waals surface area contributed by atoms with Gasteiger partial charge in [-0.1, -0.05) is 0 Å². The quantitative estimate of drug-likeness (QED) is 0.917. The Kier molecular flexibility index (Phi) is 3.80. The number of carbonyl (C=O) groups excluding carboxylic acids is 1. The summed E-state index contributed by atoms with van der Waals surface area (Å²) >= 11 is 0. The van der Waals surface area contributed by atoms with Gasteiger partial charge in [-0.2, -0.15) is 0 Å². The van der Waals surface area contributed by atoms with Crippen molar-refractivity contribution in [2.75, 3.05) is 12.4 Å². The smallest absolute Gasteiger partial charge is 0.255 e. The van der Waals surface area contributed by atoms with Crippen LogP contribution in [0, 0.1) is 12.7 Å². The lowest BCUT2D eigenvalue weighted by Crippen LogP contribution is -2.12. The van der Waals surface area contributed by atoms with Gasteiger partial charge >= 0.3 is 0 Å². The number of carbonyl (C=O) groups is 1. The maximum atomic E-state index is 13.0. The fourth-order valence-electron chi connectivity index (χ4n) is 1.70. The fourth-order valence-corrected chi connectivity index (χ4v) is 1.70. The number of anilines is 1. The number of ether oxygens (including phenoxy) is 1. The van der Waals surface area contributed by atoms with Gasteiger partial charge in [0.15, 0.2) is 0 Å². The van der Waals surface area contributed by atoms with Crippen molar-refractivity contribution in [2.45, 2.75) is 6.92 Å². The summed E-state index contributed by atoms with van der Waals surface area (Å²) in [7, 11) is 1.57. The second kappa shape index (κ2) is 5.52. The highest BCUT2D eigenvalue weighted by atomic mass is 19.1. The molecule has 19 heavy (non-hydrogen) atoms. The van der Waals surface area contributed by atoms with Gasteiger partial charge < -0.3 is 10.1 Å². The highest BCUT2D eigenvalue weighted by molar-refractivity contribution is 6.04. The number of aryl methyl sites for hydroxylation is 1. The molecule has 4 heteroatoms. The molecule has 0 aliphatic carbocycles. The van der Waals surface area contributed by atoms with Crippen molar-refractivity contribution in [3.8, 4) is 5.75 Å². The second-order valence-electron chi connectivity index (χ2n) is 4.14. The molecule has 1 N–H and O–H groups in total. The maximum absolute atomic E-state index is 13.0. The Bertz CT molecular complexity index is 594. The summed E-state index contributed by atoms with van der Waals surface area (Å²) in [6.45, 7) is 1.74. The third-order valence-corrected chi connectivity index (χ3v) is 2.79. The van der Waals surface area contributed by atoms with E-state index in [1.165, 1.54) is 12.1 Å². The van der Waals surface area contributed by atoms with E-state index < -0.39 is 0 Å². The molecule has 0 bridgehead atoms. The van der Waals surface area contributed by atoms with Crippen LogP contribution in [0.3, 0.4) is 0 Å². The first-order valence-electron chi connectivity index (χ1n) is 5.81. The first-order valence-corrected chi connectivity index (χ1v) is 5.81. The van der Waals surface area contributed by atoms with Crippen molar-refractivity contribution in [1.29, 1.82) is 0 Å². The molecule has 0 fully saturated rings. The summed E-state index contributed by atoms with van der Waals surface area (Å²) < 4.78 is 18.0. The highest BCUT2D eigenvalue weighted by Gasteiger charge is 2.08. The Morgan fingerprint density at radius 2 is 1.84 bits per heavy atom. The molecule has 2 rings (SSSR count). The van der Waals surface area contributed by atoms with Crippen LogP contribution in [0.25, 0.3) is 0 Å². The Morgan fingerprint density at radius 1 is 1.16 bits per heavy atom. The number of methoxy groups -OCH3 is 1. The average Bonchev–Trinajstić information content (AvgIpc) is 2.42. The molecule has 0 unspecified atom stereocenters. The summed E-state index contributed by atoms with van der Waals surface area (Å²) in [5.74, 6) is 0.131. The van der Waals surface area contributed by atoms with E-state index in [0.29, 0.717) is 22.6 Å². The van der Waals surface area contributed by atoms with E-state index in [1.54, 1.807) is 44.4 Å². The van der Waals surface area contributed by atoms with Crippen LogP contribution in [0.1, 0.15) is 15.9 Å². The zero-order valence-corrected chi connectivity index (χ0v) is 10.7. The minimum Gasteiger partial charge on any atom is -0.497 e. The number of nitrogens with one attached hydrogen (secondary N) is 1. The van der Waals surface area contributed by atoms with E-state index in [-0.39, 0.29) is 11.7 Å². The zero-order valence-electron chi connectivity index (χ0n) is 10.7. The molecule has 0 atom stereocenters. The number of amides is 1. The molecule has 3 nitrogen and oxygen atoms in total. The number of halogens is 1. The van der Waals surface area contributed by atoms with Crippen LogP contribution in [0.2, 0.25) is 0 Å². The van der Waals surface area contributed by atoms with E-state index in [2.05, 4.69) is 5.32 Å². The molecule has 0 saturated heterocycles. The van der Waals surface area contributed by atoms with E-state index in [4.69, 9.17) is 4.74 Å². The molecule has 2 aromatic rings. The number of hydrogen-bond donors (Lipinski definition) is 1. The van der Waals surface area contributed by atoms with Crippen molar-refractivity contribution < 1.29 is 13.9 Å². The fraction of sp³-hybridized carbons (Fsp3) is 0.133. The van der Waals surface area contributed by atoms with Gasteiger partial charge in [0, 0.05) is 11.3 Å². The minimum atomic E-state index is -0.319. The summed E-state index contributed by atoms with van der Waals surface area (Å²) in [6.07, 6.45) is 0. The Labute approximate surface area is 111 Å². The van der Waals surface area contributed by atoms with Crippen molar-refractivity contribution in [3.05, 3.63) is 59.4 Å². The maximum Gasteiger partial charge on any atom is 0.255 e. The number of hydrogen-bond acceptors (Lipinski definition) is 2. The number of rotatable bonds is 3. The molecule has 0 heterocycles. The molecular weight excluding hydrogens is 245 g/mol. The van der Waals surface area contributed by atoms with Gasteiger partial charge in [0.1, 0.15) is 11.6 Å². The molecular formula is C15H14FNO2. The van der Waals surface area contributed by atoms with Gasteiger partial charge in [-0.25, -0.2) is 4.39 Å². The lowest BCUT2D eigenvalue weighted by molar-refractivity contribution is 0.102. The van der Waals surface area contributed by atoms with Gasteiger partial charge in [0.25, 0.3) is 5.91 Å². The van der Waals surface area contributed by atoms with Gasteiger partial charge in [-0.15, -0.1) is 0 Å². The zero-order chi connectivity index (χ0) is 13.8. The monoisotopic (exact) mass is 259 g/mol. The Hall–Kier alpha value is -2.36. The lowest BCUT2D eigenvalue weighted by atomic mass is 10.1. The van der Waals surface area contributed by atoms with Crippen LogP contribution in [-0.2, 0) is 0 Å². The first kappa shape index (κ1) is 13.1. The van der Waals surface area contributed by atoms with Crippen LogP contribution in [0.5, 0.6) is 5.75 Å². The predicted octanol–water partition coefficient (Wildman–Crippen LogP) is 3.40. The van der Waals surface area contributed by atoms with Crippen LogP contribution in [-0.4, -0.2) is 13.0 Å². The molecule has 2 aromatic carbocycles. The summed E-state index contributed by atoms with van der Waals surface area (Å²) in [5, 5.41) is 2.74. The van der Waals surface area contributed by atoms with Crippen LogP contribution in [0.15, 0.2) is 42.5 Å².